The molecule has 0 aromatic heterocycles. The quantitative estimate of drug-likeness (QED) is 0.860. The van der Waals surface area contributed by atoms with Crippen molar-refractivity contribution < 1.29 is 12.8 Å². The van der Waals surface area contributed by atoms with Crippen LogP contribution in [0.25, 0.3) is 0 Å². The summed E-state index contributed by atoms with van der Waals surface area (Å²) in [5, 5.41) is 0. The van der Waals surface area contributed by atoms with E-state index in [1.165, 1.54) is 24.3 Å². The van der Waals surface area contributed by atoms with E-state index >= 15 is 0 Å². The van der Waals surface area contributed by atoms with E-state index < -0.39 is 9.84 Å². The lowest BCUT2D eigenvalue weighted by Gasteiger charge is -2.05. The summed E-state index contributed by atoms with van der Waals surface area (Å²) in [6.45, 7) is 1.96. The minimum absolute atomic E-state index is 0.00462. The highest BCUT2D eigenvalue weighted by atomic mass is 32.2. The first-order valence-electron chi connectivity index (χ1n) is 5.95. The Hall–Kier alpha value is -1.68. The molecule has 0 unspecified atom stereocenters. The van der Waals surface area contributed by atoms with Gasteiger partial charge in [0.05, 0.1) is 11.5 Å². The van der Waals surface area contributed by atoms with Gasteiger partial charge in [-0.1, -0.05) is 42.0 Å². The number of aryl methyl sites for hydroxylation is 1. The number of rotatable bonds is 4. The lowest BCUT2D eigenvalue weighted by molar-refractivity contribution is 0.594. The molecule has 0 aliphatic heterocycles. The van der Waals surface area contributed by atoms with Crippen molar-refractivity contribution in [3.63, 3.8) is 0 Å². The molecule has 0 amide bonds. The third-order valence-corrected chi connectivity index (χ3v) is 4.35. The van der Waals surface area contributed by atoms with Crippen LogP contribution in [0.3, 0.4) is 0 Å². The average Bonchev–Trinajstić information content (AvgIpc) is 2.34. The van der Waals surface area contributed by atoms with Crippen molar-refractivity contribution in [1.82, 2.24) is 0 Å². The summed E-state index contributed by atoms with van der Waals surface area (Å²) in [5.74, 6) is -0.425. The fraction of sp³-hybridized carbons (Fsp3) is 0.200. The monoisotopic (exact) mass is 278 g/mol. The standard InChI is InChI=1S/C15H15FO2S/c1-12-2-4-13(5-3-12)10-19(17,18)11-14-6-8-15(16)9-7-14/h2-9H,10-11H2,1H3. The van der Waals surface area contributed by atoms with Crippen LogP contribution in [0.1, 0.15) is 16.7 Å². The van der Waals surface area contributed by atoms with E-state index in [9.17, 15) is 12.8 Å². The Kier molecular flexibility index (Phi) is 4.00. The lowest BCUT2D eigenvalue weighted by Crippen LogP contribution is -2.07. The molecule has 100 valence electrons. The zero-order valence-electron chi connectivity index (χ0n) is 10.6. The third-order valence-electron chi connectivity index (χ3n) is 2.81. The first-order valence-corrected chi connectivity index (χ1v) is 7.77. The van der Waals surface area contributed by atoms with Gasteiger partial charge in [-0.3, -0.25) is 0 Å². The summed E-state index contributed by atoms with van der Waals surface area (Å²) in [5.41, 5.74) is 2.47. The third kappa shape index (κ3) is 4.17. The first-order chi connectivity index (χ1) is 8.94. The highest BCUT2D eigenvalue weighted by Gasteiger charge is 2.13. The van der Waals surface area contributed by atoms with Gasteiger partial charge in [-0.2, -0.15) is 0 Å². The predicted octanol–water partition coefficient (Wildman–Crippen LogP) is 3.25. The minimum Gasteiger partial charge on any atom is -0.228 e. The van der Waals surface area contributed by atoms with Gasteiger partial charge in [-0.05, 0) is 30.2 Å². The van der Waals surface area contributed by atoms with Crippen LogP contribution >= 0.6 is 0 Å². The molecule has 0 atom stereocenters. The van der Waals surface area contributed by atoms with Crippen molar-refractivity contribution >= 4 is 9.84 Å². The molecule has 0 heterocycles. The number of sulfone groups is 1. The van der Waals surface area contributed by atoms with Crippen LogP contribution in [0.5, 0.6) is 0 Å². The Morgan fingerprint density at radius 1 is 0.842 bits per heavy atom. The largest absolute Gasteiger partial charge is 0.228 e. The Labute approximate surface area is 112 Å². The SMILES string of the molecule is Cc1ccc(CS(=O)(=O)Cc2ccc(F)cc2)cc1. The van der Waals surface area contributed by atoms with Gasteiger partial charge in [-0.15, -0.1) is 0 Å². The van der Waals surface area contributed by atoms with Gasteiger partial charge in [0, 0.05) is 0 Å². The van der Waals surface area contributed by atoms with Gasteiger partial charge in [-0.25, -0.2) is 12.8 Å². The van der Waals surface area contributed by atoms with Gasteiger partial charge in [0.15, 0.2) is 9.84 Å². The highest BCUT2D eigenvalue weighted by molar-refractivity contribution is 7.89. The molecule has 0 spiro atoms. The minimum atomic E-state index is -3.24. The highest BCUT2D eigenvalue weighted by Crippen LogP contribution is 2.13. The Bertz CT molecular complexity index is 590. The predicted molar refractivity (Wildman–Crippen MR) is 73.9 cm³/mol. The van der Waals surface area contributed by atoms with E-state index in [4.69, 9.17) is 0 Å². The molecule has 4 heteroatoms. The summed E-state index contributed by atoms with van der Waals surface area (Å²) >= 11 is 0. The lowest BCUT2D eigenvalue weighted by atomic mass is 10.2. The summed E-state index contributed by atoms with van der Waals surface area (Å²) in [4.78, 5) is 0. The van der Waals surface area contributed by atoms with Crippen LogP contribution in [0.15, 0.2) is 48.5 Å². The van der Waals surface area contributed by atoms with E-state index in [0.29, 0.717) is 5.56 Å². The van der Waals surface area contributed by atoms with E-state index in [-0.39, 0.29) is 17.3 Å². The molecule has 2 nitrogen and oxygen atoms in total. The molecule has 0 bridgehead atoms. The molecule has 2 aromatic rings. The van der Waals surface area contributed by atoms with Crippen LogP contribution in [0.2, 0.25) is 0 Å². The van der Waals surface area contributed by atoms with Gasteiger partial charge in [0.25, 0.3) is 0 Å². The van der Waals surface area contributed by atoms with Crippen LogP contribution in [-0.4, -0.2) is 8.42 Å². The van der Waals surface area contributed by atoms with Crippen LogP contribution < -0.4 is 0 Å². The van der Waals surface area contributed by atoms with Crippen LogP contribution in [0, 0.1) is 12.7 Å². The number of hydrogen-bond donors (Lipinski definition) is 0. The topological polar surface area (TPSA) is 34.1 Å². The van der Waals surface area contributed by atoms with Crippen molar-refractivity contribution in [2.75, 3.05) is 0 Å². The maximum atomic E-state index is 12.8. The van der Waals surface area contributed by atoms with Gasteiger partial charge in [0.2, 0.25) is 0 Å². The van der Waals surface area contributed by atoms with Crippen molar-refractivity contribution in [1.29, 1.82) is 0 Å². The summed E-state index contributed by atoms with van der Waals surface area (Å²) in [6.07, 6.45) is 0. The van der Waals surface area contributed by atoms with Gasteiger partial charge < -0.3 is 0 Å². The van der Waals surface area contributed by atoms with Crippen molar-refractivity contribution in [3.8, 4) is 0 Å². The number of halogens is 1. The zero-order chi connectivity index (χ0) is 13.9. The van der Waals surface area contributed by atoms with Crippen LogP contribution in [-0.2, 0) is 21.3 Å². The second-order valence-corrected chi connectivity index (χ2v) is 6.71. The molecule has 0 fully saturated rings. The molecule has 2 aromatic carbocycles. The molecule has 0 radical (unpaired) electrons. The molecule has 0 saturated heterocycles. The second kappa shape index (κ2) is 5.53. The molecule has 0 N–H and O–H groups in total. The average molecular weight is 278 g/mol. The van der Waals surface area contributed by atoms with E-state index in [2.05, 4.69) is 0 Å². The van der Waals surface area contributed by atoms with Gasteiger partial charge >= 0.3 is 0 Å². The molecule has 19 heavy (non-hydrogen) atoms. The summed E-state index contributed by atoms with van der Waals surface area (Å²) in [6, 6.07) is 13.0. The first kappa shape index (κ1) is 13.7. The summed E-state index contributed by atoms with van der Waals surface area (Å²) < 4.78 is 36.8. The molecular formula is C15H15FO2S. The maximum Gasteiger partial charge on any atom is 0.158 e. The van der Waals surface area contributed by atoms with Crippen molar-refractivity contribution in [2.45, 2.75) is 18.4 Å². The van der Waals surface area contributed by atoms with Crippen molar-refractivity contribution in [2.24, 2.45) is 0 Å². The Balaban J connectivity index is 2.10. The normalized spacial score (nSPS) is 11.5. The van der Waals surface area contributed by atoms with E-state index in [1.54, 1.807) is 0 Å². The maximum absolute atomic E-state index is 12.8. The van der Waals surface area contributed by atoms with Crippen molar-refractivity contribution in [3.05, 3.63) is 71.0 Å². The second-order valence-electron chi connectivity index (χ2n) is 4.64. The Morgan fingerprint density at radius 2 is 1.26 bits per heavy atom. The van der Waals surface area contributed by atoms with Gasteiger partial charge in [0.1, 0.15) is 5.82 Å². The van der Waals surface area contributed by atoms with Crippen LogP contribution in [0.4, 0.5) is 4.39 Å². The van der Waals surface area contributed by atoms with E-state index in [0.717, 1.165) is 11.1 Å². The number of hydrogen-bond acceptors (Lipinski definition) is 2. The molecule has 0 aliphatic rings. The Morgan fingerprint density at radius 3 is 1.74 bits per heavy atom. The van der Waals surface area contributed by atoms with E-state index in [1.807, 2.05) is 31.2 Å². The molecule has 2 rings (SSSR count). The molecule has 0 aliphatic carbocycles. The fourth-order valence-corrected chi connectivity index (χ4v) is 3.33. The smallest absolute Gasteiger partial charge is 0.158 e. The summed E-state index contributed by atoms with van der Waals surface area (Å²) in [7, 11) is -3.24. The molecule has 0 saturated carbocycles. The zero-order valence-corrected chi connectivity index (χ0v) is 11.5. The molecular weight excluding hydrogens is 263 g/mol. The number of benzene rings is 2. The fourth-order valence-electron chi connectivity index (χ4n) is 1.82.